The molecule has 0 saturated heterocycles. The van der Waals surface area contributed by atoms with Gasteiger partial charge in [-0.15, -0.1) is 11.6 Å². The van der Waals surface area contributed by atoms with Crippen molar-refractivity contribution in [2.75, 3.05) is 0 Å². The third-order valence-corrected chi connectivity index (χ3v) is 4.33. The van der Waals surface area contributed by atoms with Gasteiger partial charge in [0.1, 0.15) is 5.75 Å². The van der Waals surface area contributed by atoms with E-state index < -0.39 is 0 Å². The van der Waals surface area contributed by atoms with Crippen LogP contribution < -0.4 is 0 Å². The van der Waals surface area contributed by atoms with Crippen molar-refractivity contribution in [2.24, 2.45) is 0 Å². The Kier molecular flexibility index (Phi) is 4.45. The topological polar surface area (TPSA) is 20.2 Å². The molecule has 0 spiro atoms. The molecule has 0 aromatic heterocycles. The quantitative estimate of drug-likeness (QED) is 0.631. The predicted octanol–water partition coefficient (Wildman–Crippen LogP) is 5.50. The van der Waals surface area contributed by atoms with Gasteiger partial charge in [-0.05, 0) is 28.8 Å². The minimum atomic E-state index is -0.173. The molecule has 2 heteroatoms. The molecule has 22 heavy (non-hydrogen) atoms. The van der Waals surface area contributed by atoms with Crippen molar-refractivity contribution in [3.63, 3.8) is 0 Å². The normalized spacial score (nSPS) is 13.5. The van der Waals surface area contributed by atoms with E-state index in [1.54, 1.807) is 12.1 Å². The Morgan fingerprint density at radius 1 is 0.591 bits per heavy atom. The molecule has 1 nitrogen and oxygen atoms in total. The van der Waals surface area contributed by atoms with Crippen LogP contribution in [-0.4, -0.2) is 5.11 Å². The first-order valence-corrected chi connectivity index (χ1v) is 7.72. The standard InChI is InChI=1S/C20H17ClO/c21-20(17-9-5-2-6-10-17)19(15-7-3-1-4-8-15)16-11-13-18(22)14-12-16/h1-14,19-20,22H. The van der Waals surface area contributed by atoms with E-state index in [0.29, 0.717) is 0 Å². The summed E-state index contributed by atoms with van der Waals surface area (Å²) in [6, 6.07) is 27.6. The fourth-order valence-corrected chi connectivity index (χ4v) is 3.14. The Balaban J connectivity index is 2.05. The number of aromatic hydroxyl groups is 1. The van der Waals surface area contributed by atoms with Crippen molar-refractivity contribution in [2.45, 2.75) is 11.3 Å². The van der Waals surface area contributed by atoms with Gasteiger partial charge < -0.3 is 5.11 Å². The monoisotopic (exact) mass is 308 g/mol. The van der Waals surface area contributed by atoms with Gasteiger partial charge in [0.25, 0.3) is 0 Å². The SMILES string of the molecule is Oc1ccc(C(c2ccccc2)C(Cl)c2ccccc2)cc1. The van der Waals surface area contributed by atoms with Crippen LogP contribution in [0.4, 0.5) is 0 Å². The number of hydrogen-bond acceptors (Lipinski definition) is 1. The molecule has 3 aromatic rings. The largest absolute Gasteiger partial charge is 0.508 e. The molecule has 0 amide bonds. The second-order valence-corrected chi connectivity index (χ2v) is 5.76. The van der Waals surface area contributed by atoms with E-state index in [9.17, 15) is 5.11 Å². The van der Waals surface area contributed by atoms with Crippen LogP contribution in [0.1, 0.15) is 28.0 Å². The van der Waals surface area contributed by atoms with Crippen LogP contribution in [0.25, 0.3) is 0 Å². The van der Waals surface area contributed by atoms with E-state index in [1.165, 1.54) is 0 Å². The first-order chi connectivity index (χ1) is 10.8. The number of halogens is 1. The lowest BCUT2D eigenvalue weighted by molar-refractivity contribution is 0.475. The smallest absolute Gasteiger partial charge is 0.115 e. The van der Waals surface area contributed by atoms with Crippen LogP contribution in [0, 0.1) is 0 Å². The summed E-state index contributed by atoms with van der Waals surface area (Å²) in [6.45, 7) is 0. The Morgan fingerprint density at radius 2 is 1.05 bits per heavy atom. The number of phenolic OH excluding ortho intramolecular Hbond substituents is 1. The summed E-state index contributed by atoms with van der Waals surface area (Å²) in [5, 5.41) is 9.36. The highest BCUT2D eigenvalue weighted by molar-refractivity contribution is 6.21. The van der Waals surface area contributed by atoms with Crippen molar-refractivity contribution < 1.29 is 5.11 Å². The van der Waals surface area contributed by atoms with E-state index >= 15 is 0 Å². The summed E-state index contributed by atoms with van der Waals surface area (Å²) in [5.74, 6) is 0.298. The van der Waals surface area contributed by atoms with Gasteiger partial charge in [0, 0.05) is 5.92 Å². The van der Waals surface area contributed by atoms with Gasteiger partial charge in [-0.3, -0.25) is 0 Å². The summed E-state index contributed by atoms with van der Waals surface area (Å²) >= 11 is 6.82. The summed E-state index contributed by atoms with van der Waals surface area (Å²) in [5.41, 5.74) is 3.34. The third-order valence-electron chi connectivity index (χ3n) is 3.82. The van der Waals surface area contributed by atoms with Gasteiger partial charge in [0.15, 0.2) is 0 Å². The molecule has 0 heterocycles. The highest BCUT2D eigenvalue weighted by Gasteiger charge is 2.24. The molecular formula is C20H17ClO. The lowest BCUT2D eigenvalue weighted by Crippen LogP contribution is -2.08. The predicted molar refractivity (Wildman–Crippen MR) is 91.4 cm³/mol. The lowest BCUT2D eigenvalue weighted by Gasteiger charge is -2.24. The fourth-order valence-electron chi connectivity index (χ4n) is 2.70. The fraction of sp³-hybridized carbons (Fsp3) is 0.100. The number of phenols is 1. The minimum absolute atomic E-state index is 0.0332. The number of hydrogen-bond donors (Lipinski definition) is 1. The second-order valence-electron chi connectivity index (χ2n) is 5.29. The third kappa shape index (κ3) is 3.15. The summed E-state index contributed by atoms with van der Waals surface area (Å²) in [7, 11) is 0. The molecule has 2 atom stereocenters. The number of benzene rings is 3. The summed E-state index contributed by atoms with van der Waals surface area (Å²) in [6.07, 6.45) is 0. The summed E-state index contributed by atoms with van der Waals surface area (Å²) in [4.78, 5) is 0. The van der Waals surface area contributed by atoms with Crippen LogP contribution in [0.2, 0.25) is 0 Å². The van der Waals surface area contributed by atoms with Gasteiger partial charge >= 0.3 is 0 Å². The first-order valence-electron chi connectivity index (χ1n) is 7.28. The van der Waals surface area contributed by atoms with Crippen LogP contribution >= 0.6 is 11.6 Å². The van der Waals surface area contributed by atoms with Crippen molar-refractivity contribution >= 4 is 11.6 Å². The van der Waals surface area contributed by atoms with Crippen molar-refractivity contribution in [1.29, 1.82) is 0 Å². The zero-order chi connectivity index (χ0) is 15.4. The zero-order valence-electron chi connectivity index (χ0n) is 12.1. The maximum Gasteiger partial charge on any atom is 0.115 e. The molecule has 0 aliphatic heterocycles. The molecule has 2 unspecified atom stereocenters. The van der Waals surface area contributed by atoms with E-state index in [-0.39, 0.29) is 17.0 Å². The molecule has 3 aromatic carbocycles. The van der Waals surface area contributed by atoms with Crippen molar-refractivity contribution in [3.05, 3.63) is 102 Å². The number of rotatable bonds is 4. The van der Waals surface area contributed by atoms with Gasteiger partial charge in [-0.25, -0.2) is 0 Å². The second kappa shape index (κ2) is 6.67. The Morgan fingerprint density at radius 3 is 1.59 bits per heavy atom. The lowest BCUT2D eigenvalue weighted by atomic mass is 9.85. The molecule has 1 N–H and O–H groups in total. The van der Waals surface area contributed by atoms with Gasteiger partial charge in [-0.1, -0.05) is 72.8 Å². The van der Waals surface area contributed by atoms with E-state index in [4.69, 9.17) is 11.6 Å². The van der Waals surface area contributed by atoms with Crippen LogP contribution in [0.3, 0.4) is 0 Å². The Bertz CT molecular complexity index is 708. The van der Waals surface area contributed by atoms with Crippen molar-refractivity contribution in [3.8, 4) is 5.75 Å². The zero-order valence-corrected chi connectivity index (χ0v) is 12.8. The summed E-state index contributed by atoms with van der Waals surface area (Å²) < 4.78 is 0. The molecule has 0 bridgehead atoms. The maximum atomic E-state index is 9.53. The first kappa shape index (κ1) is 14.7. The van der Waals surface area contributed by atoms with Crippen molar-refractivity contribution in [1.82, 2.24) is 0 Å². The van der Waals surface area contributed by atoms with Crippen LogP contribution in [-0.2, 0) is 0 Å². The molecule has 0 aliphatic carbocycles. The molecular weight excluding hydrogens is 292 g/mol. The average molecular weight is 309 g/mol. The highest BCUT2D eigenvalue weighted by atomic mass is 35.5. The number of alkyl halides is 1. The van der Waals surface area contributed by atoms with E-state index in [0.717, 1.165) is 16.7 Å². The molecule has 0 saturated carbocycles. The molecule has 0 fully saturated rings. The van der Waals surface area contributed by atoms with E-state index in [2.05, 4.69) is 12.1 Å². The van der Waals surface area contributed by atoms with Crippen LogP contribution in [0.15, 0.2) is 84.9 Å². The molecule has 110 valence electrons. The molecule has 0 radical (unpaired) electrons. The van der Waals surface area contributed by atoms with E-state index in [1.807, 2.05) is 60.7 Å². The van der Waals surface area contributed by atoms with Gasteiger partial charge in [-0.2, -0.15) is 0 Å². The van der Waals surface area contributed by atoms with Gasteiger partial charge in [0.2, 0.25) is 0 Å². The van der Waals surface area contributed by atoms with Crippen LogP contribution in [0.5, 0.6) is 5.75 Å². The Hall–Kier alpha value is -2.25. The minimum Gasteiger partial charge on any atom is -0.508 e. The molecule has 3 rings (SSSR count). The Labute approximate surface area is 135 Å². The molecule has 0 aliphatic rings. The highest BCUT2D eigenvalue weighted by Crippen LogP contribution is 2.41. The van der Waals surface area contributed by atoms with Gasteiger partial charge in [0.05, 0.1) is 5.38 Å². The maximum absolute atomic E-state index is 9.53. The average Bonchev–Trinajstić information content (AvgIpc) is 2.58.